The molecule has 4 rings (SSSR count). The van der Waals surface area contributed by atoms with Crippen molar-refractivity contribution in [1.29, 1.82) is 0 Å². The lowest BCUT2D eigenvalue weighted by Gasteiger charge is -2.06. The number of aromatic nitrogens is 2. The standard InChI is InChI=1S/C18H19N3O2/c22-18(15-12-17(23-20-15)14-6-7-14)19-9-3-10-21-11-8-13-4-1-2-5-16(13)21/h1-2,4-5,8,11-12,14H,3,6-7,9-10H2,(H,19,22). The summed E-state index contributed by atoms with van der Waals surface area (Å²) in [4.78, 5) is 12.0. The summed E-state index contributed by atoms with van der Waals surface area (Å²) in [5, 5.41) is 8.00. The Morgan fingerprint density at radius 2 is 2.17 bits per heavy atom. The molecule has 3 aromatic rings. The van der Waals surface area contributed by atoms with Crippen molar-refractivity contribution < 1.29 is 9.32 Å². The molecule has 1 saturated carbocycles. The Kier molecular flexibility index (Phi) is 3.61. The number of rotatable bonds is 6. The minimum Gasteiger partial charge on any atom is -0.360 e. The average molecular weight is 309 g/mol. The summed E-state index contributed by atoms with van der Waals surface area (Å²) >= 11 is 0. The Balaban J connectivity index is 1.28. The van der Waals surface area contributed by atoms with Gasteiger partial charge in [-0.3, -0.25) is 4.79 Å². The zero-order valence-corrected chi connectivity index (χ0v) is 12.9. The highest BCUT2D eigenvalue weighted by atomic mass is 16.5. The quantitative estimate of drug-likeness (QED) is 0.711. The van der Waals surface area contributed by atoms with Gasteiger partial charge in [-0.1, -0.05) is 23.4 Å². The number of hydrogen-bond donors (Lipinski definition) is 1. The summed E-state index contributed by atoms with van der Waals surface area (Å²) in [5.74, 6) is 1.16. The lowest BCUT2D eigenvalue weighted by atomic mass is 10.2. The van der Waals surface area contributed by atoms with Gasteiger partial charge < -0.3 is 14.4 Å². The van der Waals surface area contributed by atoms with Gasteiger partial charge in [0.15, 0.2) is 5.69 Å². The first-order valence-corrected chi connectivity index (χ1v) is 8.10. The van der Waals surface area contributed by atoms with Crippen molar-refractivity contribution >= 4 is 16.8 Å². The largest absolute Gasteiger partial charge is 0.360 e. The maximum absolute atomic E-state index is 12.0. The molecule has 0 spiro atoms. The first-order valence-electron chi connectivity index (χ1n) is 8.10. The number of carbonyl (C=O) groups is 1. The topological polar surface area (TPSA) is 60.1 Å². The second kappa shape index (κ2) is 5.91. The average Bonchev–Trinajstić information content (AvgIpc) is 3.17. The van der Waals surface area contributed by atoms with Crippen LogP contribution in [0.4, 0.5) is 0 Å². The van der Waals surface area contributed by atoms with Gasteiger partial charge in [-0.05, 0) is 36.8 Å². The predicted octanol–water partition coefficient (Wildman–Crippen LogP) is 3.33. The van der Waals surface area contributed by atoms with E-state index in [1.54, 1.807) is 6.07 Å². The Labute approximate surface area is 134 Å². The molecule has 2 heterocycles. The fourth-order valence-corrected chi connectivity index (χ4v) is 2.83. The number of nitrogens with zero attached hydrogens (tertiary/aromatic N) is 2. The molecular formula is C18H19N3O2. The zero-order valence-electron chi connectivity index (χ0n) is 12.9. The Morgan fingerprint density at radius 3 is 3.04 bits per heavy atom. The minimum absolute atomic E-state index is 0.155. The smallest absolute Gasteiger partial charge is 0.273 e. The summed E-state index contributed by atoms with van der Waals surface area (Å²) in [7, 11) is 0. The molecular weight excluding hydrogens is 290 g/mol. The fourth-order valence-electron chi connectivity index (χ4n) is 2.83. The molecule has 0 radical (unpaired) electrons. The van der Waals surface area contributed by atoms with Gasteiger partial charge in [0.1, 0.15) is 5.76 Å². The van der Waals surface area contributed by atoms with Crippen LogP contribution >= 0.6 is 0 Å². The van der Waals surface area contributed by atoms with E-state index in [9.17, 15) is 4.79 Å². The van der Waals surface area contributed by atoms with Crippen LogP contribution < -0.4 is 5.32 Å². The van der Waals surface area contributed by atoms with Crippen molar-refractivity contribution in [2.45, 2.75) is 31.7 Å². The predicted molar refractivity (Wildman–Crippen MR) is 87.4 cm³/mol. The number of fused-ring (bicyclic) bond motifs is 1. The molecule has 1 fully saturated rings. The first-order chi connectivity index (χ1) is 11.3. The zero-order chi connectivity index (χ0) is 15.6. The maximum atomic E-state index is 12.0. The highest BCUT2D eigenvalue weighted by Crippen LogP contribution is 2.40. The van der Waals surface area contributed by atoms with Crippen molar-refractivity contribution in [3.63, 3.8) is 0 Å². The van der Waals surface area contributed by atoms with Crippen LogP contribution in [0.15, 0.2) is 47.1 Å². The third-order valence-electron chi connectivity index (χ3n) is 4.28. The number of hydrogen-bond acceptors (Lipinski definition) is 3. The molecule has 1 aliphatic rings. The number of nitrogens with one attached hydrogen (secondary N) is 1. The van der Waals surface area contributed by atoms with Gasteiger partial charge in [-0.15, -0.1) is 0 Å². The molecule has 0 bridgehead atoms. The number of para-hydroxylation sites is 1. The van der Waals surface area contributed by atoms with Gasteiger partial charge in [0.05, 0.1) is 0 Å². The Hall–Kier alpha value is -2.56. The Morgan fingerprint density at radius 1 is 1.30 bits per heavy atom. The summed E-state index contributed by atoms with van der Waals surface area (Å²) in [6.45, 7) is 1.50. The molecule has 1 aliphatic carbocycles. The summed E-state index contributed by atoms with van der Waals surface area (Å²) in [5.41, 5.74) is 1.61. The lowest BCUT2D eigenvalue weighted by Crippen LogP contribution is -2.25. The lowest BCUT2D eigenvalue weighted by molar-refractivity contribution is 0.0943. The van der Waals surface area contributed by atoms with Crippen molar-refractivity contribution in [2.24, 2.45) is 0 Å². The summed E-state index contributed by atoms with van der Waals surface area (Å²) in [6.07, 6.45) is 5.24. The molecule has 0 atom stereocenters. The molecule has 0 unspecified atom stereocenters. The second-order valence-corrected chi connectivity index (χ2v) is 6.07. The Bertz CT molecular complexity index is 830. The maximum Gasteiger partial charge on any atom is 0.273 e. The van der Waals surface area contributed by atoms with Gasteiger partial charge in [0, 0.05) is 36.8 Å². The van der Waals surface area contributed by atoms with E-state index in [0.29, 0.717) is 18.2 Å². The van der Waals surface area contributed by atoms with Gasteiger partial charge in [0.25, 0.3) is 5.91 Å². The number of aryl methyl sites for hydroxylation is 1. The number of benzene rings is 1. The SMILES string of the molecule is O=C(NCCCn1ccc2ccccc21)c1cc(C2CC2)on1. The van der Waals surface area contributed by atoms with Crippen molar-refractivity contribution in [1.82, 2.24) is 15.0 Å². The van der Waals surface area contributed by atoms with Gasteiger partial charge in [-0.25, -0.2) is 0 Å². The fraction of sp³-hybridized carbons (Fsp3) is 0.333. The van der Waals surface area contributed by atoms with Crippen molar-refractivity contribution in [3.05, 3.63) is 54.0 Å². The van der Waals surface area contributed by atoms with Gasteiger partial charge in [-0.2, -0.15) is 0 Å². The van der Waals surface area contributed by atoms with Crippen LogP contribution in [0.1, 0.15) is 41.4 Å². The van der Waals surface area contributed by atoms with E-state index in [2.05, 4.69) is 39.4 Å². The van der Waals surface area contributed by atoms with Gasteiger partial charge in [0.2, 0.25) is 0 Å². The third kappa shape index (κ3) is 2.99. The van der Waals surface area contributed by atoms with Crippen LogP contribution in [0.5, 0.6) is 0 Å². The van der Waals surface area contributed by atoms with Crippen LogP contribution in [0, 0.1) is 0 Å². The second-order valence-electron chi connectivity index (χ2n) is 6.07. The molecule has 0 aliphatic heterocycles. The van der Waals surface area contributed by atoms with E-state index < -0.39 is 0 Å². The van der Waals surface area contributed by atoms with E-state index in [0.717, 1.165) is 31.6 Å². The summed E-state index contributed by atoms with van der Waals surface area (Å²) in [6, 6.07) is 12.2. The third-order valence-corrected chi connectivity index (χ3v) is 4.28. The van der Waals surface area contributed by atoms with E-state index >= 15 is 0 Å². The normalized spacial score (nSPS) is 14.3. The molecule has 0 saturated heterocycles. The molecule has 5 nitrogen and oxygen atoms in total. The van der Waals surface area contributed by atoms with E-state index in [4.69, 9.17) is 4.52 Å². The number of amides is 1. The van der Waals surface area contributed by atoms with Crippen molar-refractivity contribution in [2.75, 3.05) is 6.54 Å². The van der Waals surface area contributed by atoms with E-state index in [1.165, 1.54) is 10.9 Å². The van der Waals surface area contributed by atoms with Crippen LogP contribution in [-0.2, 0) is 6.54 Å². The van der Waals surface area contributed by atoms with E-state index in [1.807, 2.05) is 12.1 Å². The van der Waals surface area contributed by atoms with Crippen LogP contribution in [0.2, 0.25) is 0 Å². The molecule has 118 valence electrons. The molecule has 1 aromatic carbocycles. The monoisotopic (exact) mass is 309 g/mol. The van der Waals surface area contributed by atoms with Gasteiger partial charge >= 0.3 is 0 Å². The van der Waals surface area contributed by atoms with Crippen LogP contribution in [0.25, 0.3) is 10.9 Å². The highest BCUT2D eigenvalue weighted by Gasteiger charge is 2.28. The highest BCUT2D eigenvalue weighted by molar-refractivity contribution is 5.92. The molecule has 23 heavy (non-hydrogen) atoms. The van der Waals surface area contributed by atoms with Crippen LogP contribution in [0.3, 0.4) is 0 Å². The molecule has 1 N–H and O–H groups in total. The molecule has 5 heteroatoms. The summed E-state index contributed by atoms with van der Waals surface area (Å²) < 4.78 is 7.42. The van der Waals surface area contributed by atoms with Crippen LogP contribution in [-0.4, -0.2) is 22.2 Å². The first kappa shape index (κ1) is 14.1. The molecule has 1 amide bonds. The van der Waals surface area contributed by atoms with Crippen molar-refractivity contribution in [3.8, 4) is 0 Å². The molecule has 2 aromatic heterocycles. The number of carbonyl (C=O) groups excluding carboxylic acids is 1. The minimum atomic E-state index is -0.155. The van der Waals surface area contributed by atoms with E-state index in [-0.39, 0.29) is 5.91 Å².